The molecule has 0 bridgehead atoms. The topological polar surface area (TPSA) is 93.0 Å². The van der Waals surface area contributed by atoms with E-state index in [1.54, 1.807) is 0 Å². The van der Waals surface area contributed by atoms with Gasteiger partial charge in [0.05, 0.1) is 30.9 Å². The fourth-order valence-corrected chi connectivity index (χ4v) is 3.38. The molecule has 1 aliphatic heterocycles. The molecule has 4 atom stereocenters. The van der Waals surface area contributed by atoms with Crippen LogP contribution in [0.1, 0.15) is 58.8 Å². The lowest BCUT2D eigenvalue weighted by molar-refractivity contribution is -0.119. The van der Waals surface area contributed by atoms with Crippen molar-refractivity contribution in [1.29, 1.82) is 0 Å². The van der Waals surface area contributed by atoms with Crippen molar-refractivity contribution in [3.63, 3.8) is 0 Å². The maximum absolute atomic E-state index is 11.1. The highest BCUT2D eigenvalue weighted by atomic mass is 16.3. The third kappa shape index (κ3) is 6.37. The summed E-state index contributed by atoms with van der Waals surface area (Å²) < 4.78 is 0. The Hall–Kier alpha value is -0.690. The second kappa shape index (κ2) is 11.0. The van der Waals surface area contributed by atoms with Crippen LogP contribution in [0.3, 0.4) is 0 Å². The van der Waals surface area contributed by atoms with Gasteiger partial charge in [0.2, 0.25) is 5.91 Å². The third-order valence-electron chi connectivity index (χ3n) is 4.76. The number of aliphatic hydroxyl groups is 3. The number of nitrogens with zero attached hydrogens (tertiary/aromatic N) is 1. The Morgan fingerprint density at radius 2 is 1.57 bits per heavy atom. The van der Waals surface area contributed by atoms with Crippen molar-refractivity contribution in [3.05, 3.63) is 0 Å². The van der Waals surface area contributed by atoms with E-state index < -0.39 is 18.2 Å². The molecule has 136 valence electrons. The first kappa shape index (κ1) is 20.4. The van der Waals surface area contributed by atoms with Crippen LogP contribution in [0.25, 0.3) is 0 Å². The average molecular weight is 330 g/mol. The van der Waals surface area contributed by atoms with Crippen LogP contribution in [0.5, 0.6) is 0 Å². The van der Waals surface area contributed by atoms with Crippen LogP contribution in [-0.4, -0.2) is 70.1 Å². The fourth-order valence-electron chi connectivity index (χ4n) is 3.38. The fraction of sp³-hybridized carbons (Fsp3) is 0.941. The van der Waals surface area contributed by atoms with Crippen molar-refractivity contribution in [1.82, 2.24) is 10.2 Å². The first-order valence-corrected chi connectivity index (χ1v) is 9.00. The van der Waals surface area contributed by atoms with Gasteiger partial charge in [-0.05, 0) is 13.0 Å². The number of carbonyl (C=O) groups is 1. The predicted molar refractivity (Wildman–Crippen MR) is 90.1 cm³/mol. The van der Waals surface area contributed by atoms with Gasteiger partial charge >= 0.3 is 0 Å². The summed E-state index contributed by atoms with van der Waals surface area (Å²) in [5, 5.41) is 32.5. The van der Waals surface area contributed by atoms with Gasteiger partial charge in [0.15, 0.2) is 0 Å². The minimum atomic E-state index is -0.969. The Kier molecular flexibility index (Phi) is 9.71. The molecule has 0 aliphatic carbocycles. The predicted octanol–water partition coefficient (Wildman–Crippen LogP) is 0.640. The molecule has 0 radical (unpaired) electrons. The number of aliphatic hydroxyl groups excluding tert-OH is 3. The molecule has 0 aromatic rings. The minimum Gasteiger partial charge on any atom is -0.395 e. The summed E-state index contributed by atoms with van der Waals surface area (Å²) in [4.78, 5) is 13.1. The molecule has 0 spiro atoms. The first-order chi connectivity index (χ1) is 11.0. The highest BCUT2D eigenvalue weighted by Gasteiger charge is 2.46. The van der Waals surface area contributed by atoms with Gasteiger partial charge in [0.25, 0.3) is 0 Å². The van der Waals surface area contributed by atoms with E-state index in [2.05, 4.69) is 12.2 Å². The maximum atomic E-state index is 11.1. The lowest BCUT2D eigenvalue weighted by atomic mass is 10.1. The van der Waals surface area contributed by atoms with Gasteiger partial charge in [0.1, 0.15) is 0 Å². The number of unbranched alkanes of at least 4 members (excludes halogenated alkanes) is 6. The summed E-state index contributed by atoms with van der Waals surface area (Å²) in [5.74, 6) is -0.157. The largest absolute Gasteiger partial charge is 0.395 e. The highest BCUT2D eigenvalue weighted by molar-refractivity contribution is 5.72. The molecule has 23 heavy (non-hydrogen) atoms. The van der Waals surface area contributed by atoms with Gasteiger partial charge in [-0.25, -0.2) is 0 Å². The van der Waals surface area contributed by atoms with E-state index in [1.807, 2.05) is 4.90 Å². The summed E-state index contributed by atoms with van der Waals surface area (Å²) in [7, 11) is 0. The van der Waals surface area contributed by atoms with E-state index >= 15 is 0 Å². The van der Waals surface area contributed by atoms with Gasteiger partial charge in [-0.15, -0.1) is 0 Å². The second-order valence-corrected chi connectivity index (χ2v) is 6.59. The summed E-state index contributed by atoms with van der Waals surface area (Å²) in [6.07, 6.45) is 6.42. The molecule has 0 unspecified atom stereocenters. The molecule has 6 nitrogen and oxygen atoms in total. The third-order valence-corrected chi connectivity index (χ3v) is 4.76. The number of likely N-dealkylation sites (tertiary alicyclic amines) is 1. The van der Waals surface area contributed by atoms with Crippen molar-refractivity contribution >= 4 is 5.91 Å². The number of hydrogen-bond acceptors (Lipinski definition) is 5. The summed E-state index contributed by atoms with van der Waals surface area (Å²) in [6.45, 7) is 4.46. The Balaban J connectivity index is 2.44. The van der Waals surface area contributed by atoms with Gasteiger partial charge in [0, 0.05) is 13.5 Å². The van der Waals surface area contributed by atoms with Gasteiger partial charge < -0.3 is 20.6 Å². The molecule has 1 fully saturated rings. The van der Waals surface area contributed by atoms with Crippen LogP contribution in [0.15, 0.2) is 0 Å². The molecular weight excluding hydrogens is 296 g/mol. The SMILES string of the molecule is CCCCCCCCCN1[C@H](CNC(C)=O)[C@H](O)[C@H](O)[C@H]1CO. The molecule has 1 saturated heterocycles. The van der Waals surface area contributed by atoms with Crippen molar-refractivity contribution in [3.8, 4) is 0 Å². The standard InChI is InChI=1S/C17H34N2O4/c1-3-4-5-6-7-8-9-10-19-14(11-18-13(2)21)16(22)17(23)15(19)12-20/h14-17,20,22-23H,3-12H2,1-2H3,(H,18,21)/t14-,15-,16+,17-/m1/s1. The second-order valence-electron chi connectivity index (χ2n) is 6.59. The van der Waals surface area contributed by atoms with Crippen LogP contribution in [-0.2, 0) is 4.79 Å². The van der Waals surface area contributed by atoms with E-state index in [0.29, 0.717) is 6.54 Å². The first-order valence-electron chi connectivity index (χ1n) is 9.00. The molecule has 1 amide bonds. The molecule has 0 aromatic carbocycles. The zero-order valence-electron chi connectivity index (χ0n) is 14.6. The van der Waals surface area contributed by atoms with Crippen LogP contribution >= 0.6 is 0 Å². The van der Waals surface area contributed by atoms with E-state index in [0.717, 1.165) is 19.4 Å². The lowest BCUT2D eigenvalue weighted by Gasteiger charge is -2.29. The minimum absolute atomic E-state index is 0.157. The molecule has 0 saturated carbocycles. The monoisotopic (exact) mass is 330 g/mol. The zero-order valence-corrected chi connectivity index (χ0v) is 14.6. The van der Waals surface area contributed by atoms with E-state index in [4.69, 9.17) is 0 Å². The summed E-state index contributed by atoms with van der Waals surface area (Å²) in [5.41, 5.74) is 0. The van der Waals surface area contributed by atoms with E-state index in [9.17, 15) is 20.1 Å². The van der Waals surface area contributed by atoms with Gasteiger partial charge in [-0.3, -0.25) is 9.69 Å². The normalized spacial score (nSPS) is 28.2. The molecule has 0 aromatic heterocycles. The molecular formula is C17H34N2O4. The van der Waals surface area contributed by atoms with Crippen LogP contribution < -0.4 is 5.32 Å². The average Bonchev–Trinajstić information content (AvgIpc) is 2.75. The highest BCUT2D eigenvalue weighted by Crippen LogP contribution is 2.25. The molecule has 1 heterocycles. The number of amides is 1. The van der Waals surface area contributed by atoms with Crippen LogP contribution in [0, 0.1) is 0 Å². The van der Waals surface area contributed by atoms with Gasteiger partial charge in [-0.2, -0.15) is 0 Å². The molecule has 6 heteroatoms. The number of nitrogens with one attached hydrogen (secondary N) is 1. The van der Waals surface area contributed by atoms with Crippen molar-refractivity contribution in [2.45, 2.75) is 83.1 Å². The number of carbonyl (C=O) groups excluding carboxylic acids is 1. The smallest absolute Gasteiger partial charge is 0.216 e. The van der Waals surface area contributed by atoms with Crippen LogP contribution in [0.2, 0.25) is 0 Å². The molecule has 1 rings (SSSR count). The number of hydrogen-bond donors (Lipinski definition) is 4. The molecule has 1 aliphatic rings. The lowest BCUT2D eigenvalue weighted by Crippen LogP contribution is -2.47. The Labute approximate surface area is 139 Å². The van der Waals surface area contributed by atoms with E-state index in [-0.39, 0.29) is 18.6 Å². The summed E-state index contributed by atoms with van der Waals surface area (Å²) in [6, 6.07) is -0.796. The zero-order chi connectivity index (χ0) is 17.2. The van der Waals surface area contributed by atoms with E-state index in [1.165, 1.54) is 39.0 Å². The maximum Gasteiger partial charge on any atom is 0.216 e. The quantitative estimate of drug-likeness (QED) is 0.417. The van der Waals surface area contributed by atoms with Crippen LogP contribution in [0.4, 0.5) is 0 Å². The Morgan fingerprint density at radius 3 is 2.13 bits per heavy atom. The number of rotatable bonds is 11. The van der Waals surface area contributed by atoms with Crippen molar-refractivity contribution < 1.29 is 20.1 Å². The summed E-state index contributed by atoms with van der Waals surface area (Å²) >= 11 is 0. The van der Waals surface area contributed by atoms with Crippen molar-refractivity contribution in [2.75, 3.05) is 19.7 Å². The Morgan fingerprint density at radius 1 is 1.00 bits per heavy atom. The molecule has 4 N–H and O–H groups in total. The van der Waals surface area contributed by atoms with Gasteiger partial charge in [-0.1, -0.05) is 45.4 Å². The van der Waals surface area contributed by atoms with Crippen molar-refractivity contribution in [2.24, 2.45) is 0 Å². The Bertz CT molecular complexity index is 341.